The highest BCUT2D eigenvalue weighted by atomic mass is 16.6. The monoisotopic (exact) mass is 477 g/mol. The molecule has 0 bridgehead atoms. The molecule has 0 amide bonds. The molecule has 3 aromatic carbocycles. The largest absolute Gasteiger partial charge is 0.507 e. The third-order valence-corrected chi connectivity index (χ3v) is 5.81. The first-order valence-corrected chi connectivity index (χ1v) is 10.2. The molecule has 0 spiro atoms. The van der Waals surface area contributed by atoms with Gasteiger partial charge < -0.3 is 29.6 Å². The van der Waals surface area contributed by atoms with E-state index < -0.39 is 56.4 Å². The molecule has 11 nitrogen and oxygen atoms in total. The summed E-state index contributed by atoms with van der Waals surface area (Å²) in [4.78, 5) is 36.5. The van der Waals surface area contributed by atoms with E-state index in [1.165, 1.54) is 24.3 Å². The zero-order valence-electron chi connectivity index (χ0n) is 17.6. The highest BCUT2D eigenvalue weighted by molar-refractivity contribution is 5.94. The number of hydrogen-bond acceptors (Lipinski definition) is 10. The molecule has 176 valence electrons. The predicted molar refractivity (Wildman–Crippen MR) is 120 cm³/mol. The number of carbonyl (C=O) groups is 1. The molecule has 1 aliphatic rings. The van der Waals surface area contributed by atoms with Crippen LogP contribution in [-0.2, 0) is 4.79 Å². The summed E-state index contributed by atoms with van der Waals surface area (Å²) in [5.74, 6) is -4.78. The average Bonchev–Trinajstić information content (AvgIpc) is 2.82. The third kappa shape index (κ3) is 3.37. The van der Waals surface area contributed by atoms with Crippen molar-refractivity contribution in [2.75, 3.05) is 0 Å². The van der Waals surface area contributed by atoms with E-state index in [1.54, 1.807) is 6.07 Å². The van der Waals surface area contributed by atoms with Crippen LogP contribution in [0.1, 0.15) is 23.5 Å². The number of phenols is 3. The molecule has 0 aliphatic carbocycles. The summed E-state index contributed by atoms with van der Waals surface area (Å²) >= 11 is 0. The first-order chi connectivity index (χ1) is 16.7. The number of para-hydroxylation sites is 1. The Morgan fingerprint density at radius 3 is 2.40 bits per heavy atom. The fourth-order valence-electron chi connectivity index (χ4n) is 4.26. The minimum absolute atomic E-state index is 0.0175. The summed E-state index contributed by atoms with van der Waals surface area (Å²) in [6.45, 7) is 0. The normalized spacial score (nSPS) is 15.0. The van der Waals surface area contributed by atoms with Crippen LogP contribution in [0.3, 0.4) is 0 Å². The Balaban J connectivity index is 1.88. The second-order valence-electron chi connectivity index (χ2n) is 7.87. The molecule has 1 atom stereocenters. The summed E-state index contributed by atoms with van der Waals surface area (Å²) in [6.07, 6.45) is -0.322. The van der Waals surface area contributed by atoms with Crippen molar-refractivity contribution < 1.29 is 39.3 Å². The molecule has 35 heavy (non-hydrogen) atoms. The highest BCUT2D eigenvalue weighted by Crippen LogP contribution is 2.48. The number of fused-ring (bicyclic) bond motifs is 3. The van der Waals surface area contributed by atoms with Crippen molar-refractivity contribution in [1.82, 2.24) is 0 Å². The lowest BCUT2D eigenvalue weighted by atomic mass is 9.84. The van der Waals surface area contributed by atoms with Gasteiger partial charge in [-0.2, -0.15) is 0 Å². The van der Waals surface area contributed by atoms with Gasteiger partial charge in [0.05, 0.1) is 11.3 Å². The number of phenolic OH excluding ortho intramolecular Hbond substituents is 3. The molecule has 1 aromatic heterocycles. The van der Waals surface area contributed by atoms with Gasteiger partial charge >= 0.3 is 5.97 Å². The van der Waals surface area contributed by atoms with Gasteiger partial charge in [-0.05, 0) is 18.2 Å². The maximum absolute atomic E-state index is 13.1. The van der Waals surface area contributed by atoms with E-state index in [2.05, 4.69) is 0 Å². The van der Waals surface area contributed by atoms with Crippen molar-refractivity contribution in [3.05, 3.63) is 80.0 Å². The van der Waals surface area contributed by atoms with E-state index in [1.807, 2.05) is 0 Å². The van der Waals surface area contributed by atoms with Gasteiger partial charge in [-0.3, -0.25) is 19.7 Å². The number of hydrogen-bond donors (Lipinski definition) is 4. The summed E-state index contributed by atoms with van der Waals surface area (Å²) in [6, 6.07) is 10.2. The van der Waals surface area contributed by atoms with E-state index >= 15 is 0 Å². The Morgan fingerprint density at radius 1 is 0.943 bits per heavy atom. The smallest absolute Gasteiger partial charge is 0.312 e. The minimum Gasteiger partial charge on any atom is -0.507 e. The van der Waals surface area contributed by atoms with Crippen LogP contribution in [0.4, 0.5) is 5.69 Å². The van der Waals surface area contributed by atoms with Gasteiger partial charge in [-0.1, -0.05) is 18.2 Å². The fourth-order valence-corrected chi connectivity index (χ4v) is 4.26. The molecule has 0 unspecified atom stereocenters. The zero-order chi connectivity index (χ0) is 25.0. The molecule has 5 rings (SSSR count). The second kappa shape index (κ2) is 7.76. The van der Waals surface area contributed by atoms with Crippen molar-refractivity contribution in [3.8, 4) is 40.1 Å². The second-order valence-corrected chi connectivity index (χ2v) is 7.87. The third-order valence-electron chi connectivity index (χ3n) is 5.81. The van der Waals surface area contributed by atoms with Gasteiger partial charge in [-0.25, -0.2) is 0 Å². The molecule has 0 fully saturated rings. The highest BCUT2D eigenvalue weighted by Gasteiger charge is 2.37. The van der Waals surface area contributed by atoms with Crippen molar-refractivity contribution >= 4 is 22.6 Å². The van der Waals surface area contributed by atoms with Gasteiger partial charge in [-0.15, -0.1) is 0 Å². The van der Waals surface area contributed by atoms with Gasteiger partial charge in [0.15, 0.2) is 17.3 Å². The molecule has 1 aliphatic heterocycles. The van der Waals surface area contributed by atoms with E-state index in [-0.39, 0.29) is 40.1 Å². The number of aromatic hydroxyl groups is 4. The first kappa shape index (κ1) is 21.8. The minimum atomic E-state index is -1.02. The number of rotatable bonds is 3. The summed E-state index contributed by atoms with van der Waals surface area (Å²) in [5, 5.41) is 51.8. The van der Waals surface area contributed by atoms with E-state index in [9.17, 15) is 40.1 Å². The van der Waals surface area contributed by atoms with Crippen LogP contribution in [0, 0.1) is 10.1 Å². The van der Waals surface area contributed by atoms with Crippen molar-refractivity contribution in [2.45, 2.75) is 12.3 Å². The molecule has 0 radical (unpaired) electrons. The molecule has 4 aromatic rings. The van der Waals surface area contributed by atoms with Crippen LogP contribution >= 0.6 is 0 Å². The molecule has 2 heterocycles. The summed E-state index contributed by atoms with van der Waals surface area (Å²) in [5.41, 5.74) is -1.29. The van der Waals surface area contributed by atoms with Crippen LogP contribution < -0.4 is 10.2 Å². The Labute approximate surface area is 194 Å². The molecule has 0 saturated carbocycles. The lowest BCUT2D eigenvalue weighted by molar-refractivity contribution is -0.385. The van der Waals surface area contributed by atoms with Crippen LogP contribution in [0.2, 0.25) is 0 Å². The Hall–Kier alpha value is -5.06. The average molecular weight is 477 g/mol. The van der Waals surface area contributed by atoms with E-state index in [0.717, 1.165) is 18.2 Å². The first-order valence-electron chi connectivity index (χ1n) is 10.2. The van der Waals surface area contributed by atoms with Crippen molar-refractivity contribution in [3.63, 3.8) is 0 Å². The lowest BCUT2D eigenvalue weighted by Gasteiger charge is -2.26. The molecule has 0 saturated heterocycles. The number of nitrogens with zero attached hydrogens (tertiary/aromatic N) is 1. The van der Waals surface area contributed by atoms with Crippen LogP contribution in [0.5, 0.6) is 28.7 Å². The van der Waals surface area contributed by atoms with Gasteiger partial charge in [0.25, 0.3) is 5.69 Å². The number of benzene rings is 3. The van der Waals surface area contributed by atoms with Crippen LogP contribution in [0.15, 0.2) is 57.7 Å². The Kier molecular flexibility index (Phi) is 4.83. The van der Waals surface area contributed by atoms with Crippen molar-refractivity contribution in [2.24, 2.45) is 0 Å². The Bertz CT molecular complexity index is 1620. The summed E-state index contributed by atoms with van der Waals surface area (Å²) < 4.78 is 11.1. The SMILES string of the molecule is O=C1C[C@H](c2ccccc2[N+](=O)[O-])c2c(cc(O)c3c(=O)c(O)c(-c4ccc(O)c(O)c4)oc23)O1. The summed E-state index contributed by atoms with van der Waals surface area (Å²) in [7, 11) is 0. The number of ether oxygens (including phenoxy) is 1. The Morgan fingerprint density at radius 2 is 1.69 bits per heavy atom. The van der Waals surface area contributed by atoms with E-state index in [0.29, 0.717) is 0 Å². The quantitative estimate of drug-likeness (QED) is 0.112. The molecular formula is C24H15NO10. The maximum atomic E-state index is 13.1. The molecule has 4 N–H and O–H groups in total. The van der Waals surface area contributed by atoms with Gasteiger partial charge in [0.1, 0.15) is 22.5 Å². The maximum Gasteiger partial charge on any atom is 0.312 e. The van der Waals surface area contributed by atoms with Crippen molar-refractivity contribution in [1.29, 1.82) is 0 Å². The fraction of sp³-hybridized carbons (Fsp3) is 0.0833. The number of nitro groups is 1. The van der Waals surface area contributed by atoms with E-state index in [4.69, 9.17) is 9.15 Å². The number of esters is 1. The van der Waals surface area contributed by atoms with Crippen LogP contribution in [0.25, 0.3) is 22.3 Å². The molecular weight excluding hydrogens is 462 g/mol. The lowest BCUT2D eigenvalue weighted by Crippen LogP contribution is -2.22. The van der Waals surface area contributed by atoms with Gasteiger partial charge in [0.2, 0.25) is 11.2 Å². The molecule has 11 heteroatoms. The standard InChI is InChI=1S/C24H15NO10/c26-14-6-5-10(7-15(14)27)23-22(31)21(30)20-16(28)9-17-19(24(20)35-23)12(8-18(29)34-17)11-3-1-2-4-13(11)25(32)33/h1-7,9,12,26-28,31H,8H2/t12-/m1/s1. The van der Waals surface area contributed by atoms with Gasteiger partial charge in [0, 0.05) is 34.7 Å². The number of nitro benzene ring substituents is 1. The number of carbonyl (C=O) groups excluding carboxylic acids is 1. The van der Waals surface area contributed by atoms with Crippen LogP contribution in [-0.4, -0.2) is 31.3 Å². The topological polar surface area (TPSA) is 181 Å². The predicted octanol–water partition coefficient (Wildman–Crippen LogP) is 3.63. The zero-order valence-corrected chi connectivity index (χ0v) is 17.6.